The zero-order chi connectivity index (χ0) is 18.4. The molecule has 128 valence electrons. The van der Waals surface area contributed by atoms with Crippen molar-refractivity contribution in [1.82, 2.24) is 5.43 Å². The predicted octanol–water partition coefficient (Wildman–Crippen LogP) is 2.65. The zero-order valence-corrected chi connectivity index (χ0v) is 13.8. The maximum atomic E-state index is 11.8. The van der Waals surface area contributed by atoms with E-state index in [2.05, 4.69) is 15.8 Å². The Bertz CT molecular complexity index is 850. The van der Waals surface area contributed by atoms with Crippen LogP contribution in [0.2, 0.25) is 5.02 Å². The average Bonchev–Trinajstić information content (AvgIpc) is 2.58. The Morgan fingerprint density at radius 1 is 1.16 bits per heavy atom. The minimum absolute atomic E-state index is 0.0580. The number of hydrogen-bond acceptors (Lipinski definition) is 5. The van der Waals surface area contributed by atoms with Crippen LogP contribution in [0, 0.1) is 17.0 Å². The first-order valence-corrected chi connectivity index (χ1v) is 7.39. The molecular weight excluding hydrogens is 348 g/mol. The van der Waals surface area contributed by atoms with E-state index in [0.29, 0.717) is 16.3 Å². The number of carbonyl (C=O) groups is 2. The molecule has 9 heteroatoms. The number of nitrogens with zero attached hydrogens (tertiary/aromatic N) is 2. The summed E-state index contributed by atoms with van der Waals surface area (Å²) >= 11 is 5.94. The molecule has 0 bridgehead atoms. The third-order valence-corrected chi connectivity index (χ3v) is 3.53. The summed E-state index contributed by atoms with van der Waals surface area (Å²) in [5.74, 6) is -1.87. The number of non-ortho nitro benzene ring substituents is 1. The molecule has 0 aliphatic rings. The molecule has 2 aromatic carbocycles. The van der Waals surface area contributed by atoms with Gasteiger partial charge in [0, 0.05) is 22.8 Å². The van der Waals surface area contributed by atoms with Gasteiger partial charge in [-0.15, -0.1) is 0 Å². The maximum absolute atomic E-state index is 11.8. The second kappa shape index (κ2) is 8.02. The van der Waals surface area contributed by atoms with E-state index >= 15 is 0 Å². The molecule has 2 rings (SSSR count). The third kappa shape index (κ3) is 5.11. The van der Waals surface area contributed by atoms with Crippen LogP contribution in [-0.2, 0) is 9.59 Å². The lowest BCUT2D eigenvalue weighted by Gasteiger charge is -2.05. The molecule has 2 aromatic rings. The molecule has 0 atom stereocenters. The van der Waals surface area contributed by atoms with Crippen LogP contribution in [0.15, 0.2) is 47.6 Å². The second-order valence-corrected chi connectivity index (χ2v) is 5.37. The van der Waals surface area contributed by atoms with Crippen molar-refractivity contribution in [1.29, 1.82) is 0 Å². The number of halogens is 1. The van der Waals surface area contributed by atoms with Gasteiger partial charge in [-0.3, -0.25) is 19.7 Å². The SMILES string of the molecule is Cc1ccc(NC(=O)C(=O)N/N=C/c2ccc([N+](=O)[O-])cc2)cc1Cl. The first kappa shape index (κ1) is 18.1. The third-order valence-electron chi connectivity index (χ3n) is 3.12. The van der Waals surface area contributed by atoms with Gasteiger partial charge < -0.3 is 5.32 Å². The van der Waals surface area contributed by atoms with Crippen molar-refractivity contribution < 1.29 is 14.5 Å². The number of aryl methyl sites for hydroxylation is 1. The smallest absolute Gasteiger partial charge is 0.318 e. The van der Waals surface area contributed by atoms with Gasteiger partial charge in [-0.2, -0.15) is 5.10 Å². The van der Waals surface area contributed by atoms with E-state index in [1.807, 2.05) is 6.92 Å². The molecule has 0 saturated carbocycles. The van der Waals surface area contributed by atoms with Crippen LogP contribution in [-0.4, -0.2) is 23.0 Å². The van der Waals surface area contributed by atoms with Crippen LogP contribution in [0.1, 0.15) is 11.1 Å². The Hall–Kier alpha value is -3.26. The highest BCUT2D eigenvalue weighted by Gasteiger charge is 2.13. The summed E-state index contributed by atoms with van der Waals surface area (Å²) < 4.78 is 0. The molecule has 0 fully saturated rings. The zero-order valence-electron chi connectivity index (χ0n) is 13.0. The molecule has 0 aliphatic heterocycles. The summed E-state index contributed by atoms with van der Waals surface area (Å²) in [6.45, 7) is 1.81. The standard InChI is InChI=1S/C16H13ClN4O4/c1-10-2-5-12(8-14(10)17)19-15(22)16(23)20-18-9-11-3-6-13(7-4-11)21(24)25/h2-9H,1H3,(H,19,22)(H,20,23)/b18-9+. The number of nitrogens with one attached hydrogen (secondary N) is 2. The monoisotopic (exact) mass is 360 g/mol. The number of amides is 2. The van der Waals surface area contributed by atoms with Crippen LogP contribution in [0.25, 0.3) is 0 Å². The highest BCUT2D eigenvalue weighted by atomic mass is 35.5. The van der Waals surface area contributed by atoms with Crippen molar-refractivity contribution >= 4 is 41.0 Å². The van der Waals surface area contributed by atoms with Gasteiger partial charge in [0.25, 0.3) is 5.69 Å². The van der Waals surface area contributed by atoms with Crippen LogP contribution >= 0.6 is 11.6 Å². The van der Waals surface area contributed by atoms with Gasteiger partial charge >= 0.3 is 11.8 Å². The number of nitro benzene ring substituents is 1. The van der Waals surface area contributed by atoms with E-state index in [4.69, 9.17) is 11.6 Å². The summed E-state index contributed by atoms with van der Waals surface area (Å²) in [7, 11) is 0. The number of rotatable bonds is 4. The summed E-state index contributed by atoms with van der Waals surface area (Å²) in [6.07, 6.45) is 1.26. The summed E-state index contributed by atoms with van der Waals surface area (Å²) in [6, 6.07) is 10.4. The van der Waals surface area contributed by atoms with E-state index in [9.17, 15) is 19.7 Å². The molecule has 0 aromatic heterocycles. The average molecular weight is 361 g/mol. The summed E-state index contributed by atoms with van der Waals surface area (Å²) in [5, 5.41) is 17.0. The normalized spacial score (nSPS) is 10.5. The molecule has 0 spiro atoms. The number of nitro groups is 1. The van der Waals surface area contributed by atoms with Gasteiger partial charge in [0.1, 0.15) is 0 Å². The van der Waals surface area contributed by atoms with Crippen LogP contribution in [0.3, 0.4) is 0 Å². The number of hydrogen-bond donors (Lipinski definition) is 2. The van der Waals surface area contributed by atoms with Crippen molar-refractivity contribution in [2.24, 2.45) is 5.10 Å². The van der Waals surface area contributed by atoms with Gasteiger partial charge in [0.15, 0.2) is 0 Å². The van der Waals surface area contributed by atoms with Crippen molar-refractivity contribution in [2.45, 2.75) is 6.92 Å². The van der Waals surface area contributed by atoms with Gasteiger partial charge in [0.05, 0.1) is 11.1 Å². The first-order valence-electron chi connectivity index (χ1n) is 7.02. The quantitative estimate of drug-likeness (QED) is 0.377. The fourth-order valence-electron chi connectivity index (χ4n) is 1.76. The topological polar surface area (TPSA) is 114 Å². The Morgan fingerprint density at radius 3 is 2.44 bits per heavy atom. The Kier molecular flexibility index (Phi) is 5.80. The Morgan fingerprint density at radius 2 is 1.84 bits per heavy atom. The predicted molar refractivity (Wildman–Crippen MR) is 93.7 cm³/mol. The van der Waals surface area contributed by atoms with Gasteiger partial charge in [-0.1, -0.05) is 17.7 Å². The van der Waals surface area contributed by atoms with E-state index in [1.54, 1.807) is 12.1 Å². The van der Waals surface area contributed by atoms with Crippen molar-refractivity contribution in [3.05, 3.63) is 68.7 Å². The van der Waals surface area contributed by atoms with E-state index in [1.165, 1.54) is 36.5 Å². The number of hydrazone groups is 1. The molecule has 0 radical (unpaired) electrons. The van der Waals surface area contributed by atoms with E-state index < -0.39 is 16.7 Å². The fraction of sp³-hybridized carbons (Fsp3) is 0.0625. The largest absolute Gasteiger partial charge is 0.329 e. The molecule has 0 aliphatic carbocycles. The van der Waals surface area contributed by atoms with Crippen LogP contribution in [0.4, 0.5) is 11.4 Å². The second-order valence-electron chi connectivity index (χ2n) is 4.97. The molecule has 0 heterocycles. The maximum Gasteiger partial charge on any atom is 0.329 e. The fourth-order valence-corrected chi connectivity index (χ4v) is 1.94. The van der Waals surface area contributed by atoms with Gasteiger partial charge in [-0.25, -0.2) is 5.43 Å². The van der Waals surface area contributed by atoms with Crippen LogP contribution in [0.5, 0.6) is 0 Å². The Labute approximate surface area is 147 Å². The summed E-state index contributed by atoms with van der Waals surface area (Å²) in [5.41, 5.74) is 3.76. The molecule has 25 heavy (non-hydrogen) atoms. The lowest BCUT2D eigenvalue weighted by atomic mass is 10.2. The van der Waals surface area contributed by atoms with E-state index in [0.717, 1.165) is 5.56 Å². The van der Waals surface area contributed by atoms with Gasteiger partial charge in [-0.05, 0) is 42.3 Å². The number of carbonyl (C=O) groups excluding carboxylic acids is 2. The molecule has 8 nitrogen and oxygen atoms in total. The molecular formula is C16H13ClN4O4. The van der Waals surface area contributed by atoms with Crippen LogP contribution < -0.4 is 10.7 Å². The molecule has 2 N–H and O–H groups in total. The number of benzene rings is 2. The molecule has 0 unspecified atom stereocenters. The highest BCUT2D eigenvalue weighted by Crippen LogP contribution is 2.19. The van der Waals surface area contributed by atoms with Crippen molar-refractivity contribution in [3.63, 3.8) is 0 Å². The minimum Gasteiger partial charge on any atom is -0.318 e. The lowest BCUT2D eigenvalue weighted by molar-refractivity contribution is -0.384. The highest BCUT2D eigenvalue weighted by molar-refractivity contribution is 6.39. The van der Waals surface area contributed by atoms with Crippen molar-refractivity contribution in [2.75, 3.05) is 5.32 Å². The van der Waals surface area contributed by atoms with E-state index in [-0.39, 0.29) is 5.69 Å². The summed E-state index contributed by atoms with van der Waals surface area (Å²) in [4.78, 5) is 33.4. The van der Waals surface area contributed by atoms with Crippen molar-refractivity contribution in [3.8, 4) is 0 Å². The molecule has 0 saturated heterocycles. The first-order chi connectivity index (χ1) is 11.9. The number of anilines is 1. The minimum atomic E-state index is -0.963. The van der Waals surface area contributed by atoms with Gasteiger partial charge in [0.2, 0.25) is 0 Å². The Balaban J connectivity index is 1.91. The lowest BCUT2D eigenvalue weighted by Crippen LogP contribution is -2.32. The molecule has 2 amide bonds.